The summed E-state index contributed by atoms with van der Waals surface area (Å²) in [7, 11) is 0. The molecule has 0 aromatic heterocycles. The molecule has 0 amide bonds. The highest BCUT2D eigenvalue weighted by atomic mass is 17.3. The van der Waals surface area contributed by atoms with E-state index >= 15 is 0 Å². The first kappa shape index (κ1) is 48.5. The van der Waals surface area contributed by atoms with Crippen LogP contribution in [0.5, 0.6) is 0 Å². The molecule has 364 valence electrons. The molecule has 16 nitrogen and oxygen atoms in total. The molecule has 9 aliphatic heterocycles. The highest BCUT2D eigenvalue weighted by Gasteiger charge is 2.71. The number of carboxylic acid groups (broad SMARTS) is 1. The molecule has 11 rings (SSSR count). The average molecular weight is 909 g/mol. The van der Waals surface area contributed by atoms with Crippen molar-refractivity contribution in [3.63, 3.8) is 0 Å². The van der Waals surface area contributed by atoms with Crippen LogP contribution in [-0.2, 0) is 71.8 Å². The third kappa shape index (κ3) is 8.70. The van der Waals surface area contributed by atoms with E-state index in [9.17, 15) is 14.4 Å². The Labute approximate surface area is 378 Å². The van der Waals surface area contributed by atoms with E-state index in [-0.39, 0.29) is 74.7 Å². The van der Waals surface area contributed by atoms with Gasteiger partial charge in [-0.05, 0) is 115 Å². The van der Waals surface area contributed by atoms with E-state index in [2.05, 4.69) is 27.7 Å². The molecule has 0 radical (unpaired) electrons. The fourth-order valence-electron chi connectivity index (χ4n) is 13.5. The Hall–Kier alpha value is -1.99. The molecule has 64 heavy (non-hydrogen) atoms. The molecule has 2 aliphatic carbocycles. The van der Waals surface area contributed by atoms with Crippen molar-refractivity contribution in [2.45, 2.75) is 237 Å². The van der Waals surface area contributed by atoms with Gasteiger partial charge in [-0.3, -0.25) is 14.4 Å². The molecule has 11 aliphatic rings. The fraction of sp³-hybridized carbons (Fsp3) is 0.938. The Morgan fingerprint density at radius 1 is 0.656 bits per heavy atom. The Bertz CT molecular complexity index is 1700. The van der Waals surface area contributed by atoms with Crippen molar-refractivity contribution in [3.8, 4) is 0 Å². The average Bonchev–Trinajstić information content (AvgIpc) is 3.60. The second kappa shape index (κ2) is 18.5. The number of esters is 2. The van der Waals surface area contributed by atoms with Gasteiger partial charge in [-0.15, -0.1) is 0 Å². The van der Waals surface area contributed by atoms with Crippen molar-refractivity contribution in [1.29, 1.82) is 0 Å². The maximum Gasteiger partial charge on any atom is 0.308 e. The van der Waals surface area contributed by atoms with Crippen LogP contribution < -0.4 is 0 Å². The van der Waals surface area contributed by atoms with Gasteiger partial charge in [0.15, 0.2) is 36.2 Å². The van der Waals surface area contributed by atoms with Gasteiger partial charge in [-0.25, -0.2) is 19.6 Å². The summed E-state index contributed by atoms with van der Waals surface area (Å²) in [4.78, 5) is 63.8. The molecular weight excluding hydrogens is 833 g/mol. The number of carboxylic acids is 1. The Morgan fingerprint density at radius 2 is 1.16 bits per heavy atom. The molecule has 16 heteroatoms. The lowest BCUT2D eigenvalue weighted by Crippen LogP contribution is -2.70. The zero-order chi connectivity index (χ0) is 44.6. The Kier molecular flexibility index (Phi) is 14.0. The lowest BCUT2D eigenvalue weighted by Gasteiger charge is -2.60. The van der Waals surface area contributed by atoms with E-state index < -0.39 is 90.1 Å². The van der Waals surface area contributed by atoms with Crippen LogP contribution in [0.1, 0.15) is 159 Å². The third-order valence-electron chi connectivity index (χ3n) is 17.1. The van der Waals surface area contributed by atoms with Crippen LogP contribution >= 0.6 is 0 Å². The normalized spacial score (nSPS) is 49.5. The predicted molar refractivity (Wildman–Crippen MR) is 225 cm³/mol. The standard InChI is InChI=1S/C47H72O16.CH4/c1-24-13-15-32-27(4)34(56-42-46(32)30(24)17-19-44(7,58-42)60-62-46)22-39(50)54-36-21-37(41(53-29(36)6)52-26(3)11-9-10-12-38(48)49)55-40(51)23-35-28(5)33-16-14-25(2)31-18-20-45(8)59-43(57-35)47(31,33)63-61-45;/h24-37,41-43H,9-23H2,1-8H3,(H,48,49);1H4/t24-,25-,26-,27-,28-,29+,30+,31+,32+,33+,34-,35-,36-,37-,41-,42-,43-,44-,45-,46-,47-;/m1./s1. The molecule has 0 aromatic carbocycles. The van der Waals surface area contributed by atoms with Crippen molar-refractivity contribution in [2.75, 3.05) is 0 Å². The number of aliphatic carboxylic acids is 1. The number of unbranched alkanes of at least 4 members (excludes halogenated alkanes) is 1. The summed E-state index contributed by atoms with van der Waals surface area (Å²) < 4.78 is 51.7. The minimum Gasteiger partial charge on any atom is -0.481 e. The smallest absolute Gasteiger partial charge is 0.308 e. The summed E-state index contributed by atoms with van der Waals surface area (Å²) in [5.74, 6) is -2.37. The highest BCUT2D eigenvalue weighted by Crippen LogP contribution is 2.62. The topological polar surface area (TPSA) is 182 Å². The lowest BCUT2D eigenvalue weighted by atomic mass is 9.57. The fourth-order valence-corrected chi connectivity index (χ4v) is 13.5. The van der Waals surface area contributed by atoms with Crippen LogP contribution in [0.15, 0.2) is 0 Å². The van der Waals surface area contributed by atoms with Crippen LogP contribution in [0.2, 0.25) is 0 Å². The molecule has 2 saturated carbocycles. The number of ether oxygens (including phenoxy) is 8. The van der Waals surface area contributed by atoms with E-state index in [1.165, 1.54) is 0 Å². The van der Waals surface area contributed by atoms with Gasteiger partial charge in [0, 0.05) is 37.5 Å². The predicted octanol–water partition coefficient (Wildman–Crippen LogP) is 7.91. The number of hydrogen-bond acceptors (Lipinski definition) is 15. The number of carbonyl (C=O) groups is 3. The third-order valence-corrected chi connectivity index (χ3v) is 17.1. The van der Waals surface area contributed by atoms with Crippen LogP contribution in [0.25, 0.3) is 0 Å². The van der Waals surface area contributed by atoms with E-state index in [1.54, 1.807) is 0 Å². The number of rotatable bonds is 13. The molecule has 9 heterocycles. The second-order valence-corrected chi connectivity index (χ2v) is 21.4. The van der Waals surface area contributed by atoms with Gasteiger partial charge in [0.1, 0.15) is 6.10 Å². The largest absolute Gasteiger partial charge is 0.481 e. The maximum absolute atomic E-state index is 14.1. The number of carbonyl (C=O) groups excluding carboxylic acids is 2. The summed E-state index contributed by atoms with van der Waals surface area (Å²) in [5.41, 5.74) is -1.49. The molecule has 11 fully saturated rings. The van der Waals surface area contributed by atoms with Crippen molar-refractivity contribution >= 4 is 17.9 Å². The second-order valence-electron chi connectivity index (χ2n) is 21.4. The van der Waals surface area contributed by atoms with Gasteiger partial charge in [0.2, 0.25) is 11.6 Å². The molecular formula is C48H76O16. The van der Waals surface area contributed by atoms with Crippen molar-refractivity contribution in [3.05, 3.63) is 0 Å². The SMILES string of the molecule is C.C[C@H]1[C@@H](CC(=O)O[C@@H]2C[C@@H](OC(=O)C[C@H]3O[C@@H]4O[C@@]5(C)CC[C@H]6[C@H](C)CC[C@@H]([C@H]3C)[C@@]46OO5)[C@H](C)O[C@H]2O[C@H](C)CCCCC(=O)O)O[C@@H]2O[C@@]3(C)CC[C@H]4[C@H](C)CC[C@@H]1[C@@]24OO3. The summed E-state index contributed by atoms with van der Waals surface area (Å²) >= 11 is 0. The summed E-state index contributed by atoms with van der Waals surface area (Å²) in [5, 5.41) is 9.12. The monoisotopic (exact) mass is 909 g/mol. The lowest BCUT2D eigenvalue weighted by molar-refractivity contribution is -0.571. The minimum absolute atomic E-state index is 0. The van der Waals surface area contributed by atoms with Gasteiger partial charge < -0.3 is 43.0 Å². The van der Waals surface area contributed by atoms with E-state index in [4.69, 9.17) is 62.6 Å². The van der Waals surface area contributed by atoms with Gasteiger partial charge in [-0.1, -0.05) is 41.5 Å². The van der Waals surface area contributed by atoms with E-state index in [0.29, 0.717) is 43.9 Å². The molecule has 0 unspecified atom stereocenters. The van der Waals surface area contributed by atoms with Crippen molar-refractivity contribution < 1.29 is 76.9 Å². The van der Waals surface area contributed by atoms with Crippen LogP contribution in [0.4, 0.5) is 0 Å². The van der Waals surface area contributed by atoms with Crippen LogP contribution in [0.3, 0.4) is 0 Å². The zero-order valence-electron chi connectivity index (χ0n) is 38.5. The molecule has 4 bridgehead atoms. The minimum atomic E-state index is -0.945. The quantitative estimate of drug-likeness (QED) is 0.107. The molecule has 9 saturated heterocycles. The maximum atomic E-state index is 14.1. The van der Waals surface area contributed by atoms with Gasteiger partial charge in [-0.2, -0.15) is 0 Å². The van der Waals surface area contributed by atoms with E-state index in [1.807, 2.05) is 27.7 Å². The van der Waals surface area contributed by atoms with Gasteiger partial charge in [0.25, 0.3) is 0 Å². The highest BCUT2D eigenvalue weighted by molar-refractivity contribution is 5.71. The molecule has 21 atom stereocenters. The first-order chi connectivity index (χ1) is 29.9. The van der Waals surface area contributed by atoms with E-state index in [0.717, 1.165) is 38.5 Å². The first-order valence-corrected chi connectivity index (χ1v) is 24.3. The molecule has 1 N–H and O–H groups in total. The number of hydrogen-bond donors (Lipinski definition) is 1. The van der Waals surface area contributed by atoms with Crippen LogP contribution in [-0.4, -0.2) is 101 Å². The van der Waals surface area contributed by atoms with Crippen LogP contribution in [0, 0.1) is 47.3 Å². The summed E-state index contributed by atoms with van der Waals surface area (Å²) in [6.45, 7) is 16.2. The number of fused-ring (bicyclic) bond motifs is 4. The van der Waals surface area contributed by atoms with Gasteiger partial charge >= 0.3 is 17.9 Å². The first-order valence-electron chi connectivity index (χ1n) is 24.3. The summed E-state index contributed by atoms with van der Waals surface area (Å²) in [6, 6.07) is 0. The van der Waals surface area contributed by atoms with Gasteiger partial charge in [0.05, 0.1) is 37.3 Å². The van der Waals surface area contributed by atoms with Crippen molar-refractivity contribution in [2.24, 2.45) is 47.3 Å². The molecule has 2 spiro atoms. The Balaban J connectivity index is 0.00000560. The summed E-state index contributed by atoms with van der Waals surface area (Å²) in [6.07, 6.45) is 3.21. The molecule has 0 aromatic rings. The van der Waals surface area contributed by atoms with Crippen molar-refractivity contribution in [1.82, 2.24) is 0 Å². The zero-order valence-corrected chi connectivity index (χ0v) is 38.5. The Morgan fingerprint density at radius 3 is 1.66 bits per heavy atom.